The number of hydrogen-bond donors (Lipinski definition) is 0. The number of unbranched alkanes of at least 4 members (excludes halogenated alkanes) is 1. The van der Waals surface area contributed by atoms with Gasteiger partial charge in [0.25, 0.3) is 0 Å². The van der Waals surface area contributed by atoms with Crippen LogP contribution in [0.15, 0.2) is 0 Å². The average Bonchev–Trinajstić information content (AvgIpc) is 1.88. The third-order valence-corrected chi connectivity index (χ3v) is 1.28. The first-order valence-corrected chi connectivity index (χ1v) is 4.00. The molecular weight excluding hydrogens is 175 g/mol. The third-order valence-electron chi connectivity index (χ3n) is 0.920. The molecule has 0 saturated heterocycles. The van der Waals surface area contributed by atoms with Crippen molar-refractivity contribution >= 4 is 29.2 Å². The van der Waals surface area contributed by atoms with Crippen molar-refractivity contribution in [2.75, 3.05) is 6.61 Å². The van der Waals surface area contributed by atoms with Crippen LogP contribution >= 0.6 is 23.2 Å². The summed E-state index contributed by atoms with van der Waals surface area (Å²) >= 11 is 10.4. The molecule has 0 bridgehead atoms. The van der Waals surface area contributed by atoms with Crippen LogP contribution in [0.5, 0.6) is 0 Å². The van der Waals surface area contributed by atoms with Crippen LogP contribution in [-0.2, 0) is 9.53 Å². The van der Waals surface area contributed by atoms with E-state index < -0.39 is 10.8 Å². The molecule has 0 spiro atoms. The molecule has 2 nitrogen and oxygen atoms in total. The van der Waals surface area contributed by atoms with Gasteiger partial charge in [0, 0.05) is 0 Å². The topological polar surface area (TPSA) is 26.3 Å². The van der Waals surface area contributed by atoms with E-state index in [-0.39, 0.29) is 0 Å². The molecule has 0 aliphatic carbocycles. The maximum absolute atomic E-state index is 10.5. The highest BCUT2D eigenvalue weighted by Gasteiger charge is 2.11. The van der Waals surface area contributed by atoms with Gasteiger partial charge in [-0.2, -0.15) is 0 Å². The minimum absolute atomic E-state index is 0.408. The van der Waals surface area contributed by atoms with E-state index in [9.17, 15) is 4.79 Å². The fraction of sp³-hybridized carbons (Fsp3) is 0.833. The van der Waals surface area contributed by atoms with Gasteiger partial charge in [-0.05, 0) is 6.42 Å². The van der Waals surface area contributed by atoms with Crippen molar-refractivity contribution in [3.05, 3.63) is 0 Å². The number of hydrogen-bond acceptors (Lipinski definition) is 2. The number of carbonyl (C=O) groups excluding carboxylic acids is 1. The number of halogens is 2. The van der Waals surface area contributed by atoms with E-state index in [1.807, 2.05) is 6.92 Å². The zero-order valence-electron chi connectivity index (χ0n) is 5.77. The summed E-state index contributed by atoms with van der Waals surface area (Å²) in [6, 6.07) is 0. The molecule has 0 aliphatic heterocycles. The molecular formula is C6H10Cl2O2. The molecule has 0 unspecified atom stereocenters. The molecule has 0 aliphatic rings. The minimum Gasteiger partial charge on any atom is -0.464 e. The molecule has 0 rings (SSSR count). The van der Waals surface area contributed by atoms with E-state index >= 15 is 0 Å². The lowest BCUT2D eigenvalue weighted by Gasteiger charge is -2.02. The minimum atomic E-state index is -1.04. The first-order valence-electron chi connectivity index (χ1n) is 3.13. The van der Waals surface area contributed by atoms with Gasteiger partial charge >= 0.3 is 5.97 Å². The lowest BCUT2D eigenvalue weighted by Crippen LogP contribution is -2.12. The largest absolute Gasteiger partial charge is 0.464 e. The first kappa shape index (κ1) is 10.0. The third kappa shape index (κ3) is 4.89. The molecule has 0 aromatic heterocycles. The molecule has 0 N–H and O–H groups in total. The van der Waals surface area contributed by atoms with Crippen LogP contribution in [0, 0.1) is 0 Å². The summed E-state index contributed by atoms with van der Waals surface area (Å²) in [5.74, 6) is -0.559. The zero-order valence-corrected chi connectivity index (χ0v) is 7.28. The highest BCUT2D eigenvalue weighted by atomic mass is 35.5. The highest BCUT2D eigenvalue weighted by Crippen LogP contribution is 2.03. The highest BCUT2D eigenvalue weighted by molar-refractivity contribution is 6.52. The van der Waals surface area contributed by atoms with E-state index in [2.05, 4.69) is 4.74 Å². The predicted octanol–water partition coefficient (Wildman–Crippen LogP) is 2.13. The summed E-state index contributed by atoms with van der Waals surface area (Å²) in [6.07, 6.45) is 1.84. The predicted molar refractivity (Wildman–Crippen MR) is 41.4 cm³/mol. The van der Waals surface area contributed by atoms with Crippen molar-refractivity contribution in [3.63, 3.8) is 0 Å². The van der Waals surface area contributed by atoms with Crippen molar-refractivity contribution in [2.24, 2.45) is 0 Å². The Bertz CT molecular complexity index is 104. The summed E-state index contributed by atoms with van der Waals surface area (Å²) < 4.78 is 4.64. The zero-order chi connectivity index (χ0) is 7.98. The molecule has 0 atom stereocenters. The number of carbonyl (C=O) groups is 1. The van der Waals surface area contributed by atoms with E-state index in [0.29, 0.717) is 6.61 Å². The number of alkyl halides is 2. The van der Waals surface area contributed by atoms with Gasteiger partial charge in [0.15, 0.2) is 0 Å². The smallest absolute Gasteiger partial charge is 0.339 e. The molecule has 0 radical (unpaired) electrons. The average molecular weight is 185 g/mol. The van der Waals surface area contributed by atoms with Crippen LogP contribution in [0.4, 0.5) is 0 Å². The van der Waals surface area contributed by atoms with E-state index in [1.165, 1.54) is 0 Å². The van der Waals surface area contributed by atoms with Crippen LogP contribution < -0.4 is 0 Å². The molecule has 0 saturated carbocycles. The van der Waals surface area contributed by atoms with E-state index in [1.54, 1.807) is 0 Å². The van der Waals surface area contributed by atoms with Crippen molar-refractivity contribution in [3.8, 4) is 0 Å². The molecule has 10 heavy (non-hydrogen) atoms. The van der Waals surface area contributed by atoms with Gasteiger partial charge in [0.2, 0.25) is 4.84 Å². The summed E-state index contributed by atoms with van der Waals surface area (Å²) in [4.78, 5) is 9.49. The second-order valence-electron chi connectivity index (χ2n) is 1.82. The normalized spacial score (nSPS) is 10.0. The molecule has 0 aromatic carbocycles. The maximum Gasteiger partial charge on any atom is 0.339 e. The lowest BCUT2D eigenvalue weighted by molar-refractivity contribution is -0.141. The van der Waals surface area contributed by atoms with E-state index in [4.69, 9.17) is 23.2 Å². The molecule has 60 valence electrons. The van der Waals surface area contributed by atoms with Crippen molar-refractivity contribution < 1.29 is 9.53 Å². The van der Waals surface area contributed by atoms with Gasteiger partial charge < -0.3 is 4.74 Å². The molecule has 0 fully saturated rings. The van der Waals surface area contributed by atoms with Gasteiger partial charge in [0.05, 0.1) is 6.61 Å². The van der Waals surface area contributed by atoms with E-state index in [0.717, 1.165) is 12.8 Å². The summed E-state index contributed by atoms with van der Waals surface area (Å²) in [5.41, 5.74) is 0. The Morgan fingerprint density at radius 3 is 2.60 bits per heavy atom. The standard InChI is InChI=1S/C6H10Cl2O2/c1-2-3-4-10-6(9)5(7)8/h5H,2-4H2,1H3. The maximum atomic E-state index is 10.5. The number of esters is 1. The summed E-state index contributed by atoms with van der Waals surface area (Å²) in [5, 5.41) is 0. The molecule has 4 heteroatoms. The SMILES string of the molecule is CCCCOC(=O)C(Cl)Cl. The molecule has 0 aromatic rings. The van der Waals surface area contributed by atoms with Crippen molar-refractivity contribution in [2.45, 2.75) is 24.6 Å². The van der Waals surface area contributed by atoms with Crippen molar-refractivity contribution in [1.29, 1.82) is 0 Å². The van der Waals surface area contributed by atoms with Gasteiger partial charge in [-0.3, -0.25) is 0 Å². The quantitative estimate of drug-likeness (QED) is 0.381. The second-order valence-corrected chi connectivity index (χ2v) is 2.92. The lowest BCUT2D eigenvalue weighted by atomic mass is 10.4. The Kier molecular flexibility index (Phi) is 5.84. The van der Waals surface area contributed by atoms with Gasteiger partial charge in [-0.25, -0.2) is 4.79 Å². The Morgan fingerprint density at radius 2 is 2.20 bits per heavy atom. The number of rotatable bonds is 4. The second kappa shape index (κ2) is 5.81. The van der Waals surface area contributed by atoms with Crippen LogP contribution in [-0.4, -0.2) is 17.4 Å². The molecule has 0 heterocycles. The van der Waals surface area contributed by atoms with Gasteiger partial charge in [-0.1, -0.05) is 36.5 Å². The van der Waals surface area contributed by atoms with Crippen molar-refractivity contribution in [1.82, 2.24) is 0 Å². The summed E-state index contributed by atoms with van der Waals surface area (Å²) in [6.45, 7) is 2.41. The fourth-order valence-corrected chi connectivity index (χ4v) is 0.506. The Hall–Kier alpha value is 0.0500. The fourth-order valence-electron chi connectivity index (χ4n) is 0.380. The van der Waals surface area contributed by atoms with Crippen LogP contribution in [0.3, 0.4) is 0 Å². The number of ether oxygens (including phenoxy) is 1. The van der Waals surface area contributed by atoms with Gasteiger partial charge in [-0.15, -0.1) is 0 Å². The Labute approximate surface area is 70.4 Å². The van der Waals surface area contributed by atoms with Crippen LogP contribution in [0.25, 0.3) is 0 Å². The van der Waals surface area contributed by atoms with Gasteiger partial charge in [0.1, 0.15) is 0 Å². The Morgan fingerprint density at radius 1 is 1.60 bits per heavy atom. The van der Waals surface area contributed by atoms with Crippen LogP contribution in [0.2, 0.25) is 0 Å². The van der Waals surface area contributed by atoms with Crippen LogP contribution in [0.1, 0.15) is 19.8 Å². The summed E-state index contributed by atoms with van der Waals surface area (Å²) in [7, 11) is 0. The monoisotopic (exact) mass is 184 g/mol. The molecule has 0 amide bonds. The Balaban J connectivity index is 3.22. The first-order chi connectivity index (χ1) is 4.68.